The fourth-order valence-corrected chi connectivity index (χ4v) is 9.83. The van der Waals surface area contributed by atoms with E-state index in [1.54, 1.807) is 0 Å². The van der Waals surface area contributed by atoms with Crippen molar-refractivity contribution in [3.63, 3.8) is 0 Å². The molecule has 0 aliphatic rings. The molecule has 93 heavy (non-hydrogen) atoms. The molecule has 18 N–H and O–H groups in total. The largest absolute Gasteiger partial charge is 0.496 e. The van der Waals surface area contributed by atoms with Crippen LogP contribution in [0.2, 0.25) is 0 Å². The summed E-state index contributed by atoms with van der Waals surface area (Å²) < 4.78 is 26.5. The molecule has 4 aromatic carbocycles. The number of anilines is 4. The van der Waals surface area contributed by atoms with E-state index in [2.05, 4.69) is 47.3 Å². The summed E-state index contributed by atoms with van der Waals surface area (Å²) in [7, 11) is 6.67. The van der Waals surface area contributed by atoms with Crippen molar-refractivity contribution in [1.82, 2.24) is 21.3 Å². The van der Waals surface area contributed by atoms with E-state index in [-0.39, 0.29) is 113 Å². The van der Waals surface area contributed by atoms with Gasteiger partial charge in [-0.3, -0.25) is 47.9 Å². The van der Waals surface area contributed by atoms with Gasteiger partial charge in [0.1, 0.15) is 47.2 Å². The Bertz CT molecular complexity index is 3170. The third-order valence-corrected chi connectivity index (χ3v) is 14.9. The molecule has 28 heteroatoms. The van der Waals surface area contributed by atoms with E-state index in [1.165, 1.54) is 108 Å². The Morgan fingerprint density at radius 2 is 0.634 bits per heavy atom. The average molecular weight is 1300 g/mol. The molecular weight excluding hydrogens is 1200 g/mol. The molecule has 0 aromatic heterocycles. The van der Waals surface area contributed by atoms with Crippen molar-refractivity contribution in [2.45, 2.75) is 140 Å². The smallest absolute Gasteiger partial charge is 0.305 e. The summed E-state index contributed by atoms with van der Waals surface area (Å²) in [5.41, 5.74) is 29.1. The van der Waals surface area contributed by atoms with Crippen molar-refractivity contribution in [2.24, 2.45) is 28.7 Å². The molecule has 9 amide bonds. The van der Waals surface area contributed by atoms with E-state index >= 15 is 0 Å². The molecule has 0 saturated carbocycles. The molecule has 0 aliphatic carbocycles. The van der Waals surface area contributed by atoms with Crippen LogP contribution in [0.3, 0.4) is 0 Å². The first-order valence-electron chi connectivity index (χ1n) is 31.1. The number of rotatable bonds is 43. The number of nitrogens with one attached hydrogen (secondary N) is 8. The molecule has 0 heterocycles. The van der Waals surface area contributed by atoms with Crippen molar-refractivity contribution in [2.75, 3.05) is 83.0 Å². The van der Waals surface area contributed by atoms with Gasteiger partial charge in [0, 0.05) is 35.6 Å². The topological polar surface area (TPSA) is 443 Å². The van der Waals surface area contributed by atoms with Gasteiger partial charge in [-0.05, 0) is 163 Å². The van der Waals surface area contributed by atoms with Crippen molar-refractivity contribution in [3.05, 3.63) is 95.1 Å². The van der Waals surface area contributed by atoms with Crippen molar-refractivity contribution >= 4 is 81.9 Å². The highest BCUT2D eigenvalue weighted by Crippen LogP contribution is 2.28. The number of unbranched alkanes of at least 4 members (excludes halogenated alkanes) is 7. The molecule has 0 bridgehead atoms. The third kappa shape index (κ3) is 25.3. The van der Waals surface area contributed by atoms with Crippen molar-refractivity contribution in [1.29, 1.82) is 0 Å². The minimum Gasteiger partial charge on any atom is -0.496 e. The molecule has 0 aliphatic heterocycles. The fourth-order valence-electron chi connectivity index (χ4n) is 9.83. The maximum atomic E-state index is 14.4. The lowest BCUT2D eigenvalue weighted by Gasteiger charge is -2.22. The Kier molecular flexibility index (Phi) is 33.7. The lowest BCUT2D eigenvalue weighted by Crippen LogP contribution is -2.44. The van der Waals surface area contributed by atoms with Crippen LogP contribution in [0.25, 0.3) is 0 Å². The van der Waals surface area contributed by atoms with Gasteiger partial charge in [0.25, 0.3) is 23.6 Å². The summed E-state index contributed by atoms with van der Waals surface area (Å²) in [5.74, 6) is -5.84. The first kappa shape index (κ1) is 76.1. The normalized spacial score (nSPS) is 12.1. The molecule has 0 spiro atoms. The predicted octanol–water partition coefficient (Wildman–Crippen LogP) is 4.48. The number of ether oxygens (including phenoxy) is 5. The Hall–Kier alpha value is -9.38. The van der Waals surface area contributed by atoms with Crippen LogP contribution in [0.1, 0.15) is 157 Å². The van der Waals surface area contributed by atoms with Crippen LogP contribution in [0.4, 0.5) is 22.7 Å². The van der Waals surface area contributed by atoms with E-state index in [1.807, 2.05) is 0 Å². The van der Waals surface area contributed by atoms with E-state index in [0.717, 1.165) is 6.42 Å². The van der Waals surface area contributed by atoms with Gasteiger partial charge in [0.05, 0.1) is 57.8 Å². The second kappa shape index (κ2) is 41.2. The van der Waals surface area contributed by atoms with Gasteiger partial charge >= 0.3 is 5.97 Å². The zero-order valence-electron chi connectivity index (χ0n) is 53.8. The summed E-state index contributed by atoms with van der Waals surface area (Å²) >= 11 is 0. The maximum absolute atomic E-state index is 14.4. The van der Waals surface area contributed by atoms with E-state index < -0.39 is 83.3 Å². The number of hydrogen-bond donors (Lipinski definition) is 13. The van der Waals surface area contributed by atoms with Crippen LogP contribution < -0.4 is 90.2 Å². The monoisotopic (exact) mass is 1300 g/mol. The summed E-state index contributed by atoms with van der Waals surface area (Å²) in [6, 6.07) is 12.9. The molecule has 4 aromatic rings. The van der Waals surface area contributed by atoms with E-state index in [0.29, 0.717) is 90.4 Å². The van der Waals surface area contributed by atoms with Crippen LogP contribution in [0, 0.1) is 0 Å². The van der Waals surface area contributed by atoms with E-state index in [4.69, 9.17) is 47.6 Å². The second-order valence-corrected chi connectivity index (χ2v) is 21.8. The molecule has 4 rings (SSSR count). The number of nitrogens with two attached hydrogens (primary N) is 5. The van der Waals surface area contributed by atoms with Crippen LogP contribution in [0.15, 0.2) is 72.8 Å². The standard InChI is InChI=1S/C65H93N13O15/c1-89-52-28-24-40(36-44(52)58(70)81)71-65(88)51(21-12-16-35-69)78-61(84)47-39-43(27-31-55(47)92-4)74-64(87)50(20-11-8-15-34-68)77-60(83)46-38-42(26-30-54(46)91-3)73-63(86)49(19-10-7-14-33-67)76-59(82)45-37-41(25-29-53(45)90-2)72-62(85)48(18-9-6-13-32-66)75-56(79)22-17-23-57(80)93-5/h24-31,36-39,48-51H,6-23,32-35,66-69H2,1-5H3,(H2,70,81)(H,71,88)(H,72,85)(H,73,86)(H,74,87)(H,75,79)(H,76,82)(H,77,83)(H,78,84)/t48-,49-,50-,51-/m0/s1. The number of benzene rings is 4. The van der Waals surface area contributed by atoms with Gasteiger partial charge in [-0.15, -0.1) is 0 Å². The molecule has 0 unspecified atom stereocenters. The maximum Gasteiger partial charge on any atom is 0.305 e. The zero-order chi connectivity index (χ0) is 68.2. The SMILES string of the molecule is COC(=O)CCCC(=O)N[C@@H](CCCCCN)C(=O)Nc1ccc(OC)c(C(=O)N[C@@H](CCCCCN)C(=O)Nc2ccc(OC)c(C(=O)N[C@@H](CCCCCN)C(=O)Nc3ccc(OC)c(C(=O)N[C@@H](CCCCN)C(=O)Nc4ccc(OC)c(C(N)=O)c4)c3)c2)c1. The van der Waals surface area contributed by atoms with Gasteiger partial charge < -0.3 is 94.9 Å². The minimum absolute atomic E-state index is 0.0209. The number of hydrogen-bond acceptors (Lipinski definition) is 19. The predicted molar refractivity (Wildman–Crippen MR) is 352 cm³/mol. The Balaban J connectivity index is 1.57. The summed E-state index contributed by atoms with van der Waals surface area (Å²) in [6.07, 6.45) is 7.49. The number of carbonyl (C=O) groups is 10. The summed E-state index contributed by atoms with van der Waals surface area (Å²) in [6.45, 7) is 1.59. The molecule has 508 valence electrons. The van der Waals surface area contributed by atoms with Crippen LogP contribution >= 0.6 is 0 Å². The Morgan fingerprint density at radius 3 is 0.925 bits per heavy atom. The van der Waals surface area contributed by atoms with Gasteiger partial charge in [0.15, 0.2) is 0 Å². The second-order valence-electron chi connectivity index (χ2n) is 21.8. The first-order valence-corrected chi connectivity index (χ1v) is 31.1. The van der Waals surface area contributed by atoms with Crippen molar-refractivity contribution in [3.8, 4) is 23.0 Å². The van der Waals surface area contributed by atoms with Gasteiger partial charge in [-0.2, -0.15) is 0 Å². The highest BCUT2D eigenvalue weighted by atomic mass is 16.5. The number of carbonyl (C=O) groups excluding carboxylic acids is 10. The summed E-state index contributed by atoms with van der Waals surface area (Å²) in [5, 5.41) is 22.3. The zero-order valence-corrected chi connectivity index (χ0v) is 53.8. The number of methoxy groups -OCH3 is 5. The Morgan fingerprint density at radius 1 is 0.355 bits per heavy atom. The number of primary amides is 1. The lowest BCUT2D eigenvalue weighted by atomic mass is 10.0. The molecule has 4 atom stereocenters. The van der Waals surface area contributed by atoms with Crippen molar-refractivity contribution < 1.29 is 71.6 Å². The fraction of sp³-hybridized carbons (Fsp3) is 0.477. The van der Waals surface area contributed by atoms with Gasteiger partial charge in [-0.25, -0.2) is 0 Å². The Labute approximate surface area is 542 Å². The molecule has 0 radical (unpaired) electrons. The first-order chi connectivity index (χ1) is 44.8. The summed E-state index contributed by atoms with van der Waals surface area (Å²) in [4.78, 5) is 136. The number of esters is 1. The molecule has 0 saturated heterocycles. The molecule has 28 nitrogen and oxygen atoms in total. The lowest BCUT2D eigenvalue weighted by molar-refractivity contribution is -0.141. The van der Waals surface area contributed by atoms with Gasteiger partial charge in [-0.1, -0.05) is 38.5 Å². The quantitative estimate of drug-likeness (QED) is 0.0214. The van der Waals surface area contributed by atoms with Crippen LogP contribution in [-0.2, 0) is 33.5 Å². The van der Waals surface area contributed by atoms with Crippen LogP contribution in [0.5, 0.6) is 23.0 Å². The number of amides is 9. The third-order valence-electron chi connectivity index (χ3n) is 14.9. The molecular formula is C65H93N13O15. The average Bonchev–Trinajstić information content (AvgIpc) is 0.975. The van der Waals surface area contributed by atoms with Crippen LogP contribution in [-0.4, -0.2) is 145 Å². The molecule has 0 fully saturated rings. The van der Waals surface area contributed by atoms with E-state index in [9.17, 15) is 47.9 Å². The van der Waals surface area contributed by atoms with Gasteiger partial charge in [0.2, 0.25) is 29.5 Å². The highest BCUT2D eigenvalue weighted by molar-refractivity contribution is 6.08. The minimum atomic E-state index is -1.18. The highest BCUT2D eigenvalue weighted by Gasteiger charge is 2.29.